The zero-order valence-corrected chi connectivity index (χ0v) is 12.0. The minimum absolute atomic E-state index is 0.0152. The fourth-order valence-corrected chi connectivity index (χ4v) is 1.99. The highest BCUT2D eigenvalue weighted by Gasteiger charge is 2.15. The van der Waals surface area contributed by atoms with E-state index in [1.807, 2.05) is 0 Å². The Morgan fingerprint density at radius 3 is 2.15 bits per heavy atom. The highest BCUT2D eigenvalue weighted by molar-refractivity contribution is 5.43. The smallest absolute Gasteiger partial charge is 0.161 e. The van der Waals surface area contributed by atoms with E-state index in [1.165, 1.54) is 7.11 Å². The van der Waals surface area contributed by atoms with Gasteiger partial charge in [-0.15, -0.1) is 0 Å². The summed E-state index contributed by atoms with van der Waals surface area (Å²) in [5, 5.41) is 28.1. The second kappa shape index (κ2) is 8.76. The average molecular weight is 285 g/mol. The lowest BCUT2D eigenvalue weighted by Crippen LogP contribution is -2.33. The Labute approximate surface area is 119 Å². The molecule has 0 aromatic heterocycles. The topological polar surface area (TPSA) is 82.4 Å². The van der Waals surface area contributed by atoms with Crippen LogP contribution in [0.4, 0.5) is 0 Å². The lowest BCUT2D eigenvalue weighted by atomic mass is 10.1. The number of aliphatic hydroxyl groups is 3. The molecule has 0 fully saturated rings. The van der Waals surface area contributed by atoms with Gasteiger partial charge in [-0.05, 0) is 17.7 Å². The van der Waals surface area contributed by atoms with Gasteiger partial charge in [0.15, 0.2) is 11.5 Å². The minimum atomic E-state index is -0.729. The van der Waals surface area contributed by atoms with Crippen LogP contribution in [0.2, 0.25) is 0 Å². The first-order valence-electron chi connectivity index (χ1n) is 6.50. The predicted octanol–water partition coefficient (Wildman–Crippen LogP) is 0.0238. The fraction of sp³-hybridized carbons (Fsp3) is 0.571. The molecule has 3 N–H and O–H groups in total. The third kappa shape index (κ3) is 4.64. The molecule has 0 aliphatic heterocycles. The number of nitrogens with zero attached hydrogens (tertiary/aromatic N) is 1. The van der Waals surface area contributed by atoms with Crippen molar-refractivity contribution in [3.05, 3.63) is 23.8 Å². The van der Waals surface area contributed by atoms with E-state index in [0.29, 0.717) is 36.7 Å². The van der Waals surface area contributed by atoms with Crippen molar-refractivity contribution in [2.45, 2.75) is 6.10 Å². The van der Waals surface area contributed by atoms with Crippen LogP contribution in [0.3, 0.4) is 0 Å². The lowest BCUT2D eigenvalue weighted by molar-refractivity contribution is 0.0873. The standard InChI is InChI=1S/C14H23NO5/c1-19-13-4-3-11(9-14(13)20-2)12(18)10-15(5-7-16)6-8-17/h3-4,9,12,16-18H,5-8,10H2,1-2H3. The van der Waals surface area contributed by atoms with Crippen molar-refractivity contribution >= 4 is 0 Å². The molecule has 0 amide bonds. The summed E-state index contributed by atoms with van der Waals surface area (Å²) in [4.78, 5) is 1.79. The Bertz CT molecular complexity index is 393. The molecule has 0 spiro atoms. The van der Waals surface area contributed by atoms with E-state index < -0.39 is 6.10 Å². The van der Waals surface area contributed by atoms with Gasteiger partial charge in [0, 0.05) is 19.6 Å². The molecule has 1 atom stereocenters. The van der Waals surface area contributed by atoms with Gasteiger partial charge >= 0.3 is 0 Å². The van der Waals surface area contributed by atoms with Gasteiger partial charge in [-0.25, -0.2) is 0 Å². The van der Waals surface area contributed by atoms with Crippen LogP contribution in [0.15, 0.2) is 18.2 Å². The number of hydrogen-bond acceptors (Lipinski definition) is 6. The van der Waals surface area contributed by atoms with Gasteiger partial charge in [-0.3, -0.25) is 4.90 Å². The van der Waals surface area contributed by atoms with E-state index in [4.69, 9.17) is 19.7 Å². The highest BCUT2D eigenvalue weighted by atomic mass is 16.5. The van der Waals surface area contributed by atoms with Crippen LogP contribution in [0.1, 0.15) is 11.7 Å². The molecule has 1 rings (SSSR count). The monoisotopic (exact) mass is 285 g/mol. The van der Waals surface area contributed by atoms with Crippen LogP contribution in [0.5, 0.6) is 11.5 Å². The zero-order chi connectivity index (χ0) is 15.0. The average Bonchev–Trinajstić information content (AvgIpc) is 2.46. The van der Waals surface area contributed by atoms with E-state index in [0.717, 1.165) is 0 Å². The number of methoxy groups -OCH3 is 2. The van der Waals surface area contributed by atoms with E-state index in [9.17, 15) is 5.11 Å². The number of hydrogen-bond donors (Lipinski definition) is 3. The van der Waals surface area contributed by atoms with Gasteiger partial charge in [-0.1, -0.05) is 6.07 Å². The van der Waals surface area contributed by atoms with Gasteiger partial charge in [0.2, 0.25) is 0 Å². The van der Waals surface area contributed by atoms with E-state index in [-0.39, 0.29) is 13.2 Å². The molecule has 0 heterocycles. The zero-order valence-electron chi connectivity index (χ0n) is 12.0. The maximum Gasteiger partial charge on any atom is 0.161 e. The number of aliphatic hydroxyl groups excluding tert-OH is 3. The van der Waals surface area contributed by atoms with Crippen LogP contribution in [-0.4, -0.2) is 67.3 Å². The number of ether oxygens (including phenoxy) is 2. The Balaban J connectivity index is 2.77. The molecule has 0 radical (unpaired) electrons. The maximum absolute atomic E-state index is 10.2. The second-order valence-electron chi connectivity index (χ2n) is 4.38. The van der Waals surface area contributed by atoms with E-state index in [2.05, 4.69) is 0 Å². The van der Waals surface area contributed by atoms with Crippen molar-refractivity contribution in [2.75, 3.05) is 47.1 Å². The van der Waals surface area contributed by atoms with Crippen molar-refractivity contribution in [2.24, 2.45) is 0 Å². The Morgan fingerprint density at radius 2 is 1.65 bits per heavy atom. The summed E-state index contributed by atoms with van der Waals surface area (Å²) in [5.41, 5.74) is 0.698. The summed E-state index contributed by atoms with van der Waals surface area (Å²) in [6.07, 6.45) is -0.729. The highest BCUT2D eigenvalue weighted by Crippen LogP contribution is 2.30. The molecule has 20 heavy (non-hydrogen) atoms. The Morgan fingerprint density at radius 1 is 1.05 bits per heavy atom. The molecule has 0 saturated carbocycles. The molecule has 0 bridgehead atoms. The maximum atomic E-state index is 10.2. The first-order valence-corrected chi connectivity index (χ1v) is 6.50. The Kier molecular flexibility index (Phi) is 7.32. The molecule has 0 aliphatic carbocycles. The quantitative estimate of drug-likeness (QED) is 0.593. The third-order valence-corrected chi connectivity index (χ3v) is 3.06. The largest absolute Gasteiger partial charge is 0.493 e. The van der Waals surface area contributed by atoms with Crippen molar-refractivity contribution in [1.29, 1.82) is 0 Å². The molecular formula is C14H23NO5. The summed E-state index contributed by atoms with van der Waals surface area (Å²) < 4.78 is 10.3. The van der Waals surface area contributed by atoms with Gasteiger partial charge in [0.25, 0.3) is 0 Å². The minimum Gasteiger partial charge on any atom is -0.493 e. The summed E-state index contributed by atoms with van der Waals surface area (Å²) >= 11 is 0. The van der Waals surface area contributed by atoms with Crippen LogP contribution < -0.4 is 9.47 Å². The SMILES string of the molecule is COc1ccc(C(O)CN(CCO)CCO)cc1OC. The third-order valence-electron chi connectivity index (χ3n) is 3.06. The van der Waals surface area contributed by atoms with Crippen molar-refractivity contribution in [1.82, 2.24) is 4.90 Å². The lowest BCUT2D eigenvalue weighted by Gasteiger charge is -2.24. The first kappa shape index (κ1) is 16.7. The van der Waals surface area contributed by atoms with Gasteiger partial charge in [0.05, 0.1) is 33.5 Å². The van der Waals surface area contributed by atoms with Crippen molar-refractivity contribution in [3.63, 3.8) is 0 Å². The second-order valence-corrected chi connectivity index (χ2v) is 4.38. The predicted molar refractivity (Wildman–Crippen MR) is 75.1 cm³/mol. The molecule has 1 unspecified atom stereocenters. The van der Waals surface area contributed by atoms with Gasteiger partial charge in [0.1, 0.15) is 0 Å². The molecule has 114 valence electrons. The number of benzene rings is 1. The fourth-order valence-electron chi connectivity index (χ4n) is 1.99. The molecule has 1 aromatic carbocycles. The van der Waals surface area contributed by atoms with E-state index in [1.54, 1.807) is 30.2 Å². The normalized spacial score (nSPS) is 12.5. The molecular weight excluding hydrogens is 262 g/mol. The molecule has 1 aromatic rings. The van der Waals surface area contributed by atoms with Gasteiger partial charge < -0.3 is 24.8 Å². The van der Waals surface area contributed by atoms with Crippen LogP contribution >= 0.6 is 0 Å². The van der Waals surface area contributed by atoms with Crippen LogP contribution in [0.25, 0.3) is 0 Å². The summed E-state index contributed by atoms with van der Waals surface area (Å²) in [7, 11) is 3.09. The number of rotatable bonds is 9. The van der Waals surface area contributed by atoms with Crippen LogP contribution in [0, 0.1) is 0 Å². The summed E-state index contributed by atoms with van der Waals surface area (Å²) in [6.45, 7) is 1.11. The molecule has 0 aliphatic rings. The van der Waals surface area contributed by atoms with E-state index >= 15 is 0 Å². The van der Waals surface area contributed by atoms with Crippen LogP contribution in [-0.2, 0) is 0 Å². The Hall–Kier alpha value is -1.34. The van der Waals surface area contributed by atoms with Crippen molar-refractivity contribution in [3.8, 4) is 11.5 Å². The van der Waals surface area contributed by atoms with Gasteiger partial charge in [-0.2, -0.15) is 0 Å². The first-order chi connectivity index (χ1) is 9.65. The van der Waals surface area contributed by atoms with Crippen molar-refractivity contribution < 1.29 is 24.8 Å². The molecule has 6 heteroatoms. The molecule has 0 saturated heterocycles. The molecule has 6 nitrogen and oxygen atoms in total. The summed E-state index contributed by atoms with van der Waals surface area (Å²) in [5.74, 6) is 1.16. The summed E-state index contributed by atoms with van der Waals surface area (Å²) in [6, 6.07) is 5.22.